The van der Waals surface area contributed by atoms with Gasteiger partial charge in [-0.1, -0.05) is 0 Å². The smallest absolute Gasteiger partial charge is 0.126 e. The van der Waals surface area contributed by atoms with Gasteiger partial charge in [0.15, 0.2) is 0 Å². The van der Waals surface area contributed by atoms with E-state index >= 15 is 0 Å². The predicted molar refractivity (Wildman–Crippen MR) is 50.6 cm³/mol. The highest BCUT2D eigenvalue weighted by Gasteiger charge is 2.01. The molecule has 4 heteroatoms. The van der Waals surface area contributed by atoms with Gasteiger partial charge in [-0.3, -0.25) is 0 Å². The van der Waals surface area contributed by atoms with Gasteiger partial charge in [-0.15, -0.1) is 0 Å². The fourth-order valence-electron chi connectivity index (χ4n) is 0.920. The molecule has 1 unspecified atom stereocenters. The molecule has 13 heavy (non-hydrogen) atoms. The molecular formula is C9H14N2O2. The molecule has 0 spiro atoms. The Balaban J connectivity index is 2.45. The van der Waals surface area contributed by atoms with Crippen LogP contribution in [0.5, 0.6) is 0 Å². The van der Waals surface area contributed by atoms with Crippen LogP contribution < -0.4 is 5.32 Å². The van der Waals surface area contributed by atoms with Crippen molar-refractivity contribution in [1.29, 1.82) is 0 Å². The molecule has 0 saturated carbocycles. The van der Waals surface area contributed by atoms with Crippen LogP contribution in [-0.2, 0) is 0 Å². The zero-order valence-electron chi connectivity index (χ0n) is 7.57. The first-order chi connectivity index (χ1) is 6.22. The van der Waals surface area contributed by atoms with Crippen molar-refractivity contribution in [2.75, 3.05) is 18.5 Å². The van der Waals surface area contributed by atoms with E-state index in [9.17, 15) is 0 Å². The lowest BCUT2D eigenvalue weighted by molar-refractivity contribution is 0.105. The first kappa shape index (κ1) is 9.95. The van der Waals surface area contributed by atoms with Crippen molar-refractivity contribution in [3.63, 3.8) is 0 Å². The minimum atomic E-state index is -0.734. The molecule has 0 radical (unpaired) electrons. The Morgan fingerprint density at radius 3 is 3.00 bits per heavy atom. The quantitative estimate of drug-likeness (QED) is 0.620. The molecular weight excluding hydrogens is 168 g/mol. The van der Waals surface area contributed by atoms with Crippen LogP contribution in [0, 0.1) is 6.92 Å². The van der Waals surface area contributed by atoms with E-state index in [2.05, 4.69) is 10.3 Å². The number of hydrogen-bond acceptors (Lipinski definition) is 4. The summed E-state index contributed by atoms with van der Waals surface area (Å²) in [6.07, 6.45) is 0.963. The molecule has 1 aromatic rings. The van der Waals surface area contributed by atoms with E-state index in [1.807, 2.05) is 19.1 Å². The van der Waals surface area contributed by atoms with Gasteiger partial charge < -0.3 is 15.5 Å². The van der Waals surface area contributed by atoms with Crippen LogP contribution in [0.3, 0.4) is 0 Å². The minimum Gasteiger partial charge on any atom is -0.394 e. The van der Waals surface area contributed by atoms with Crippen LogP contribution in [0.15, 0.2) is 18.3 Å². The average Bonchev–Trinajstić information content (AvgIpc) is 2.14. The Bertz CT molecular complexity index is 266. The molecule has 3 N–H and O–H groups in total. The predicted octanol–water partition coefficient (Wildman–Crippen LogP) is 0.155. The fraction of sp³-hybridized carbons (Fsp3) is 0.444. The SMILES string of the molecule is Cc1ccnc(NCC(O)CO)c1. The number of aliphatic hydroxyl groups excluding tert-OH is 2. The van der Waals surface area contributed by atoms with Crippen LogP contribution in [0.1, 0.15) is 5.56 Å². The van der Waals surface area contributed by atoms with Crippen molar-refractivity contribution in [3.8, 4) is 0 Å². The number of aromatic nitrogens is 1. The van der Waals surface area contributed by atoms with Crippen LogP contribution >= 0.6 is 0 Å². The summed E-state index contributed by atoms with van der Waals surface area (Å²) in [6, 6.07) is 3.78. The summed E-state index contributed by atoms with van der Waals surface area (Å²) in [5, 5.41) is 20.5. The maximum absolute atomic E-state index is 9.05. The molecule has 0 saturated heterocycles. The van der Waals surface area contributed by atoms with E-state index in [1.165, 1.54) is 0 Å². The van der Waals surface area contributed by atoms with Gasteiger partial charge in [-0.2, -0.15) is 0 Å². The lowest BCUT2D eigenvalue weighted by Crippen LogP contribution is -2.23. The number of anilines is 1. The molecule has 72 valence electrons. The molecule has 0 bridgehead atoms. The van der Waals surface area contributed by atoms with E-state index in [0.717, 1.165) is 5.56 Å². The fourth-order valence-corrected chi connectivity index (χ4v) is 0.920. The van der Waals surface area contributed by atoms with E-state index in [1.54, 1.807) is 6.20 Å². The van der Waals surface area contributed by atoms with Gasteiger partial charge >= 0.3 is 0 Å². The number of aryl methyl sites for hydroxylation is 1. The number of aliphatic hydroxyl groups is 2. The van der Waals surface area contributed by atoms with Crippen molar-refractivity contribution in [3.05, 3.63) is 23.9 Å². The first-order valence-corrected chi connectivity index (χ1v) is 4.18. The Kier molecular flexibility index (Phi) is 3.67. The van der Waals surface area contributed by atoms with Gasteiger partial charge in [0.05, 0.1) is 12.7 Å². The van der Waals surface area contributed by atoms with Crippen LogP contribution in [-0.4, -0.2) is 34.5 Å². The van der Waals surface area contributed by atoms with E-state index in [4.69, 9.17) is 10.2 Å². The Morgan fingerprint density at radius 1 is 1.62 bits per heavy atom. The highest BCUT2D eigenvalue weighted by atomic mass is 16.3. The van der Waals surface area contributed by atoms with Crippen molar-refractivity contribution in [2.45, 2.75) is 13.0 Å². The summed E-state index contributed by atoms with van der Waals surface area (Å²) in [5.41, 5.74) is 1.11. The normalized spacial score (nSPS) is 12.5. The summed E-state index contributed by atoms with van der Waals surface area (Å²) in [7, 11) is 0. The Morgan fingerprint density at radius 2 is 2.38 bits per heavy atom. The molecule has 0 fully saturated rings. The van der Waals surface area contributed by atoms with Gasteiger partial charge in [0.2, 0.25) is 0 Å². The monoisotopic (exact) mass is 182 g/mol. The molecule has 0 amide bonds. The summed E-state index contributed by atoms with van der Waals surface area (Å²) >= 11 is 0. The molecule has 0 aromatic carbocycles. The number of nitrogens with one attached hydrogen (secondary N) is 1. The largest absolute Gasteiger partial charge is 0.394 e. The maximum atomic E-state index is 9.05. The number of rotatable bonds is 4. The molecule has 4 nitrogen and oxygen atoms in total. The molecule has 1 rings (SSSR count). The lowest BCUT2D eigenvalue weighted by Gasteiger charge is -2.09. The number of hydrogen-bond donors (Lipinski definition) is 3. The Hall–Kier alpha value is -1.13. The number of pyridine rings is 1. The first-order valence-electron chi connectivity index (χ1n) is 4.18. The highest BCUT2D eigenvalue weighted by Crippen LogP contribution is 2.04. The maximum Gasteiger partial charge on any atom is 0.126 e. The van der Waals surface area contributed by atoms with Crippen molar-refractivity contribution in [1.82, 2.24) is 4.98 Å². The summed E-state index contributed by atoms with van der Waals surface area (Å²) < 4.78 is 0. The van der Waals surface area contributed by atoms with Crippen LogP contribution in [0.25, 0.3) is 0 Å². The molecule has 0 aliphatic rings. The van der Waals surface area contributed by atoms with Gasteiger partial charge in [-0.05, 0) is 24.6 Å². The van der Waals surface area contributed by atoms with Crippen LogP contribution in [0.2, 0.25) is 0 Å². The van der Waals surface area contributed by atoms with Crippen molar-refractivity contribution < 1.29 is 10.2 Å². The minimum absolute atomic E-state index is 0.237. The standard InChI is InChI=1S/C9H14N2O2/c1-7-2-3-10-9(4-7)11-5-8(13)6-12/h2-4,8,12-13H,5-6H2,1H3,(H,10,11). The zero-order valence-corrected chi connectivity index (χ0v) is 7.57. The third kappa shape index (κ3) is 3.40. The van der Waals surface area contributed by atoms with Gasteiger partial charge in [0, 0.05) is 12.7 Å². The van der Waals surface area contributed by atoms with E-state index in [-0.39, 0.29) is 6.61 Å². The molecule has 0 aliphatic heterocycles. The van der Waals surface area contributed by atoms with Gasteiger partial charge in [0.25, 0.3) is 0 Å². The van der Waals surface area contributed by atoms with Crippen LogP contribution in [0.4, 0.5) is 5.82 Å². The molecule has 1 heterocycles. The second-order valence-corrected chi connectivity index (χ2v) is 2.94. The molecule has 0 aliphatic carbocycles. The summed E-state index contributed by atoms with van der Waals surface area (Å²) in [4.78, 5) is 4.04. The van der Waals surface area contributed by atoms with Crippen molar-refractivity contribution >= 4 is 5.82 Å². The summed E-state index contributed by atoms with van der Waals surface area (Å²) in [5.74, 6) is 0.715. The Labute approximate surface area is 77.2 Å². The van der Waals surface area contributed by atoms with Gasteiger partial charge in [-0.25, -0.2) is 4.98 Å². The van der Waals surface area contributed by atoms with Gasteiger partial charge in [0.1, 0.15) is 5.82 Å². The third-order valence-electron chi connectivity index (χ3n) is 1.64. The second-order valence-electron chi connectivity index (χ2n) is 2.94. The average molecular weight is 182 g/mol. The lowest BCUT2D eigenvalue weighted by atomic mass is 10.3. The molecule has 1 atom stereocenters. The summed E-state index contributed by atoms with van der Waals surface area (Å²) in [6.45, 7) is 2.04. The molecule has 1 aromatic heterocycles. The van der Waals surface area contributed by atoms with Crippen molar-refractivity contribution in [2.24, 2.45) is 0 Å². The topological polar surface area (TPSA) is 65.4 Å². The highest BCUT2D eigenvalue weighted by molar-refractivity contribution is 5.36. The zero-order chi connectivity index (χ0) is 9.68. The third-order valence-corrected chi connectivity index (χ3v) is 1.64. The van der Waals surface area contributed by atoms with E-state index in [0.29, 0.717) is 12.4 Å². The van der Waals surface area contributed by atoms with E-state index < -0.39 is 6.10 Å². The second kappa shape index (κ2) is 4.79. The number of nitrogens with zero attached hydrogens (tertiary/aromatic N) is 1.